The second kappa shape index (κ2) is 5.08. The fraction of sp³-hybridized carbons (Fsp3) is 0.250. The monoisotopic (exact) mass is 287 g/mol. The Balaban J connectivity index is 2.11. The Morgan fingerprint density at radius 3 is 2.45 bits per heavy atom. The highest BCUT2D eigenvalue weighted by Crippen LogP contribution is 2.53. The Bertz CT molecular complexity index is 682. The number of para-hydroxylation sites is 1. The molecule has 3 nitrogen and oxygen atoms in total. The number of hydrogen-bond donors (Lipinski definition) is 1. The van der Waals surface area contributed by atoms with Gasteiger partial charge in [-0.25, -0.2) is 0 Å². The molecule has 0 fully saturated rings. The first-order chi connectivity index (χ1) is 9.60. The van der Waals surface area contributed by atoms with E-state index in [0.717, 1.165) is 16.4 Å². The molecule has 2 aromatic carbocycles. The molecule has 3 rings (SSSR count). The van der Waals surface area contributed by atoms with Gasteiger partial charge in [0, 0.05) is 11.6 Å². The molecule has 1 heterocycles. The predicted molar refractivity (Wildman–Crippen MR) is 82.9 cm³/mol. The summed E-state index contributed by atoms with van der Waals surface area (Å²) >= 11 is 0. The maximum atomic E-state index is 13.2. The van der Waals surface area contributed by atoms with Gasteiger partial charge in [-0.15, -0.1) is 0 Å². The van der Waals surface area contributed by atoms with Crippen LogP contribution in [0.5, 0.6) is 5.75 Å². The fourth-order valence-corrected chi connectivity index (χ4v) is 4.69. The molecule has 1 aliphatic heterocycles. The molecule has 2 aromatic rings. The van der Waals surface area contributed by atoms with E-state index in [1.807, 2.05) is 62.4 Å². The van der Waals surface area contributed by atoms with Crippen molar-refractivity contribution in [2.45, 2.75) is 19.9 Å². The van der Waals surface area contributed by atoms with Gasteiger partial charge in [-0.3, -0.25) is 4.57 Å². The standard InChI is InChI=1S/C16H18NO2P/c1-12(2)17-11-20(18)16-10-6-4-8-14(16)13-7-3-5-9-15(13)19-20/h3-10,12,17H,11H2,1-2H3. The Kier molecular flexibility index (Phi) is 3.41. The lowest BCUT2D eigenvalue weighted by Gasteiger charge is -2.29. The van der Waals surface area contributed by atoms with Crippen LogP contribution in [0, 0.1) is 0 Å². The van der Waals surface area contributed by atoms with Crippen LogP contribution >= 0.6 is 7.37 Å². The molecule has 1 N–H and O–H groups in total. The first-order valence-corrected chi connectivity index (χ1v) is 8.62. The third-order valence-corrected chi connectivity index (χ3v) is 5.62. The Labute approximate surface area is 119 Å². The zero-order valence-electron chi connectivity index (χ0n) is 11.7. The number of hydrogen-bond acceptors (Lipinski definition) is 3. The van der Waals surface area contributed by atoms with Crippen molar-refractivity contribution in [1.29, 1.82) is 0 Å². The molecule has 20 heavy (non-hydrogen) atoms. The van der Waals surface area contributed by atoms with E-state index in [1.54, 1.807) is 0 Å². The summed E-state index contributed by atoms with van der Waals surface area (Å²) in [5, 5.41) is 4.05. The maximum absolute atomic E-state index is 13.2. The molecule has 0 amide bonds. The molecule has 0 radical (unpaired) electrons. The van der Waals surface area contributed by atoms with Crippen LogP contribution in [0.15, 0.2) is 48.5 Å². The molecular weight excluding hydrogens is 269 g/mol. The molecule has 0 aromatic heterocycles. The zero-order chi connectivity index (χ0) is 14.2. The lowest BCUT2D eigenvalue weighted by Crippen LogP contribution is -2.30. The molecule has 0 saturated heterocycles. The van der Waals surface area contributed by atoms with Crippen molar-refractivity contribution >= 4 is 12.7 Å². The average Bonchev–Trinajstić information content (AvgIpc) is 2.46. The second-order valence-corrected chi connectivity index (χ2v) is 7.62. The summed E-state index contributed by atoms with van der Waals surface area (Å²) in [5.74, 6) is 0.708. The van der Waals surface area contributed by atoms with Gasteiger partial charge in [-0.05, 0) is 17.7 Å². The Hall–Kier alpha value is -1.57. The minimum absolute atomic E-state index is 0.272. The van der Waals surface area contributed by atoms with Gasteiger partial charge in [0.05, 0.1) is 11.6 Å². The molecule has 0 spiro atoms. The first kappa shape index (κ1) is 13.4. The minimum Gasteiger partial charge on any atom is -0.438 e. The molecule has 1 aliphatic rings. The van der Waals surface area contributed by atoms with Gasteiger partial charge in [0.25, 0.3) is 7.37 Å². The predicted octanol–water partition coefficient (Wildman–Crippen LogP) is 3.60. The molecular formula is C16H18NO2P. The normalized spacial score (nSPS) is 20.1. The smallest absolute Gasteiger partial charge is 0.291 e. The average molecular weight is 287 g/mol. The Morgan fingerprint density at radius 2 is 1.70 bits per heavy atom. The SMILES string of the molecule is CC(C)NCP1(=O)Oc2ccccc2-c2ccccc21. The van der Waals surface area contributed by atoms with Crippen LogP contribution in [0.4, 0.5) is 0 Å². The molecule has 0 bridgehead atoms. The van der Waals surface area contributed by atoms with E-state index in [4.69, 9.17) is 4.52 Å². The van der Waals surface area contributed by atoms with E-state index >= 15 is 0 Å². The van der Waals surface area contributed by atoms with E-state index in [9.17, 15) is 4.57 Å². The van der Waals surface area contributed by atoms with E-state index < -0.39 is 7.37 Å². The van der Waals surface area contributed by atoms with Crippen LogP contribution in [0.2, 0.25) is 0 Å². The topological polar surface area (TPSA) is 38.3 Å². The zero-order valence-corrected chi connectivity index (χ0v) is 12.6. The lowest BCUT2D eigenvalue weighted by molar-refractivity contribution is 0.480. The van der Waals surface area contributed by atoms with Crippen LogP contribution in [-0.4, -0.2) is 12.3 Å². The van der Waals surface area contributed by atoms with Crippen molar-refractivity contribution in [3.63, 3.8) is 0 Å². The highest BCUT2D eigenvalue weighted by Gasteiger charge is 2.35. The summed E-state index contributed by atoms with van der Waals surface area (Å²) in [6.07, 6.45) is 0.357. The van der Waals surface area contributed by atoms with Gasteiger partial charge in [0.2, 0.25) is 0 Å². The summed E-state index contributed by atoms with van der Waals surface area (Å²) in [6, 6.07) is 15.9. The van der Waals surface area contributed by atoms with Crippen LogP contribution in [-0.2, 0) is 4.57 Å². The van der Waals surface area contributed by atoms with Crippen molar-refractivity contribution < 1.29 is 9.09 Å². The highest BCUT2D eigenvalue weighted by atomic mass is 31.2. The Morgan fingerprint density at radius 1 is 1.05 bits per heavy atom. The van der Waals surface area contributed by atoms with Crippen LogP contribution in [0.1, 0.15) is 13.8 Å². The second-order valence-electron chi connectivity index (χ2n) is 5.29. The summed E-state index contributed by atoms with van der Waals surface area (Å²) in [5.41, 5.74) is 2.03. The van der Waals surface area contributed by atoms with Gasteiger partial charge in [0.1, 0.15) is 5.75 Å². The van der Waals surface area contributed by atoms with Crippen LogP contribution in [0.3, 0.4) is 0 Å². The first-order valence-electron chi connectivity index (χ1n) is 6.81. The van der Waals surface area contributed by atoms with Gasteiger partial charge < -0.3 is 9.84 Å². The lowest BCUT2D eigenvalue weighted by atomic mass is 10.0. The van der Waals surface area contributed by atoms with E-state index in [0.29, 0.717) is 12.0 Å². The number of rotatable bonds is 3. The van der Waals surface area contributed by atoms with Crippen molar-refractivity contribution in [3.8, 4) is 16.9 Å². The van der Waals surface area contributed by atoms with Crippen molar-refractivity contribution in [1.82, 2.24) is 5.32 Å². The fourth-order valence-electron chi connectivity index (χ4n) is 2.40. The highest BCUT2D eigenvalue weighted by molar-refractivity contribution is 7.67. The number of benzene rings is 2. The van der Waals surface area contributed by atoms with Crippen molar-refractivity contribution in [3.05, 3.63) is 48.5 Å². The van der Waals surface area contributed by atoms with E-state index in [-0.39, 0.29) is 6.04 Å². The third kappa shape index (κ3) is 2.28. The molecule has 104 valence electrons. The van der Waals surface area contributed by atoms with Gasteiger partial charge in [0.15, 0.2) is 0 Å². The summed E-state index contributed by atoms with van der Waals surface area (Å²) in [6.45, 7) is 4.08. The summed E-state index contributed by atoms with van der Waals surface area (Å²) < 4.78 is 19.1. The van der Waals surface area contributed by atoms with Gasteiger partial charge in [-0.1, -0.05) is 50.2 Å². The molecule has 0 aliphatic carbocycles. The molecule has 0 saturated carbocycles. The van der Waals surface area contributed by atoms with Crippen molar-refractivity contribution in [2.75, 3.05) is 6.29 Å². The van der Waals surface area contributed by atoms with Gasteiger partial charge in [-0.2, -0.15) is 0 Å². The molecule has 4 heteroatoms. The number of nitrogens with one attached hydrogen (secondary N) is 1. The quantitative estimate of drug-likeness (QED) is 0.876. The molecule has 1 atom stereocenters. The minimum atomic E-state index is -2.90. The third-order valence-electron chi connectivity index (χ3n) is 3.40. The molecule has 1 unspecified atom stereocenters. The van der Waals surface area contributed by atoms with Crippen molar-refractivity contribution in [2.24, 2.45) is 0 Å². The van der Waals surface area contributed by atoms with E-state index in [1.165, 1.54) is 0 Å². The van der Waals surface area contributed by atoms with Crippen LogP contribution in [0.25, 0.3) is 11.1 Å². The summed E-state index contributed by atoms with van der Waals surface area (Å²) in [7, 11) is -2.90. The largest absolute Gasteiger partial charge is 0.438 e. The van der Waals surface area contributed by atoms with Crippen LogP contribution < -0.4 is 15.1 Å². The van der Waals surface area contributed by atoms with E-state index in [2.05, 4.69) is 5.32 Å². The van der Waals surface area contributed by atoms with Gasteiger partial charge >= 0.3 is 0 Å². The number of fused-ring (bicyclic) bond motifs is 3. The maximum Gasteiger partial charge on any atom is 0.291 e. The summed E-state index contributed by atoms with van der Waals surface area (Å²) in [4.78, 5) is 0.